The minimum atomic E-state index is -0.672. The first-order valence-corrected chi connectivity index (χ1v) is 11.0. The Morgan fingerprint density at radius 2 is 1.84 bits per heavy atom. The van der Waals surface area contributed by atoms with E-state index in [1.807, 2.05) is 57.2 Å². The van der Waals surface area contributed by atoms with E-state index in [1.165, 1.54) is 4.90 Å². The van der Waals surface area contributed by atoms with E-state index in [2.05, 4.69) is 0 Å². The number of likely N-dealkylation sites (tertiary alicyclic amines) is 1. The summed E-state index contributed by atoms with van der Waals surface area (Å²) in [6.07, 6.45) is 0.591. The number of aliphatic hydroxyl groups is 1. The van der Waals surface area contributed by atoms with Crippen LogP contribution in [0.1, 0.15) is 55.8 Å². The number of carbonyl (C=O) groups excluding carboxylic acids is 2. The molecule has 1 atom stereocenters. The van der Waals surface area contributed by atoms with Crippen molar-refractivity contribution >= 4 is 17.4 Å². The first-order chi connectivity index (χ1) is 15.4. The Morgan fingerprint density at radius 1 is 1.12 bits per heavy atom. The molecule has 2 aromatic rings. The Balaban J connectivity index is 2.12. The summed E-state index contributed by atoms with van der Waals surface area (Å²) >= 11 is 0. The van der Waals surface area contributed by atoms with Crippen LogP contribution in [0.15, 0.2) is 54.1 Å². The van der Waals surface area contributed by atoms with Crippen LogP contribution in [0, 0.1) is 0 Å². The topological polar surface area (TPSA) is 76.1 Å². The molecule has 1 amide bonds. The van der Waals surface area contributed by atoms with E-state index in [0.717, 1.165) is 16.9 Å². The number of nitrogens with zero attached hydrogens (tertiary/aromatic N) is 1. The van der Waals surface area contributed by atoms with Crippen molar-refractivity contribution in [2.24, 2.45) is 0 Å². The molecule has 0 bridgehead atoms. The van der Waals surface area contributed by atoms with Gasteiger partial charge in [0.15, 0.2) is 0 Å². The summed E-state index contributed by atoms with van der Waals surface area (Å²) in [6.45, 7) is 7.37. The monoisotopic (exact) mass is 437 g/mol. The van der Waals surface area contributed by atoms with E-state index in [0.29, 0.717) is 31.7 Å². The molecule has 1 fully saturated rings. The zero-order valence-corrected chi connectivity index (χ0v) is 19.1. The quantitative estimate of drug-likeness (QED) is 0.267. The lowest BCUT2D eigenvalue weighted by molar-refractivity contribution is -0.140. The third-order valence-electron chi connectivity index (χ3n) is 5.61. The highest BCUT2D eigenvalue weighted by atomic mass is 16.5. The number of benzene rings is 2. The number of aliphatic hydroxyl groups excluding tert-OH is 1. The SMILES string of the molecule is CCOc1ccc(/C(O)=C2/C(=O)C(=O)N(CCCOC)C2c2ccccc2)cc1C(C)C. The molecule has 1 saturated heterocycles. The molecule has 0 radical (unpaired) electrons. The van der Waals surface area contributed by atoms with Crippen molar-refractivity contribution in [2.45, 2.75) is 39.2 Å². The molecule has 1 aliphatic rings. The van der Waals surface area contributed by atoms with Crippen molar-refractivity contribution in [2.75, 3.05) is 26.9 Å². The summed E-state index contributed by atoms with van der Waals surface area (Å²) in [5.41, 5.74) is 2.31. The van der Waals surface area contributed by atoms with E-state index >= 15 is 0 Å². The van der Waals surface area contributed by atoms with Crippen LogP contribution in [0.3, 0.4) is 0 Å². The minimum absolute atomic E-state index is 0.109. The molecule has 1 aliphatic heterocycles. The molecule has 3 rings (SSSR count). The van der Waals surface area contributed by atoms with E-state index in [4.69, 9.17) is 9.47 Å². The molecule has 6 heteroatoms. The van der Waals surface area contributed by atoms with E-state index < -0.39 is 17.7 Å². The van der Waals surface area contributed by atoms with E-state index in [1.54, 1.807) is 19.2 Å². The van der Waals surface area contributed by atoms with Gasteiger partial charge in [0.05, 0.1) is 18.2 Å². The van der Waals surface area contributed by atoms with Gasteiger partial charge >= 0.3 is 0 Å². The van der Waals surface area contributed by atoms with Crippen LogP contribution in [0.5, 0.6) is 5.75 Å². The number of ether oxygens (including phenoxy) is 2. The molecule has 170 valence electrons. The molecule has 0 spiro atoms. The van der Waals surface area contributed by atoms with E-state index in [9.17, 15) is 14.7 Å². The first kappa shape index (κ1) is 23.5. The Morgan fingerprint density at radius 3 is 2.47 bits per heavy atom. The lowest BCUT2D eigenvalue weighted by Gasteiger charge is -2.25. The lowest BCUT2D eigenvalue weighted by atomic mass is 9.93. The zero-order chi connectivity index (χ0) is 23.3. The largest absolute Gasteiger partial charge is 0.507 e. The maximum atomic E-state index is 13.1. The fraction of sp³-hybridized carbons (Fsp3) is 0.385. The number of amides is 1. The molecule has 6 nitrogen and oxygen atoms in total. The molecule has 1 heterocycles. The van der Waals surface area contributed by atoms with Gasteiger partial charge in [0.25, 0.3) is 11.7 Å². The van der Waals surface area contributed by atoms with Gasteiger partial charge < -0.3 is 19.5 Å². The maximum absolute atomic E-state index is 13.1. The van der Waals surface area contributed by atoms with Crippen LogP contribution in [0.25, 0.3) is 5.76 Å². The van der Waals surface area contributed by atoms with Gasteiger partial charge in [-0.3, -0.25) is 9.59 Å². The Labute approximate surface area is 189 Å². The second kappa shape index (κ2) is 10.5. The van der Waals surface area contributed by atoms with Gasteiger partial charge in [0.2, 0.25) is 0 Å². The Kier molecular flexibility index (Phi) is 7.70. The normalized spacial score (nSPS) is 17.9. The molecule has 0 aromatic heterocycles. The number of hydrogen-bond donors (Lipinski definition) is 1. The predicted molar refractivity (Wildman–Crippen MR) is 124 cm³/mol. The average molecular weight is 438 g/mol. The highest BCUT2D eigenvalue weighted by Gasteiger charge is 2.45. The molecule has 0 saturated carbocycles. The Bertz CT molecular complexity index is 997. The minimum Gasteiger partial charge on any atom is -0.507 e. The molecular formula is C26H31NO5. The predicted octanol–water partition coefficient (Wildman–Crippen LogP) is 4.67. The van der Waals surface area contributed by atoms with Gasteiger partial charge in [-0.15, -0.1) is 0 Å². The van der Waals surface area contributed by atoms with Crippen molar-refractivity contribution < 1.29 is 24.2 Å². The summed E-state index contributed by atoms with van der Waals surface area (Å²) in [5.74, 6) is -0.541. The van der Waals surface area contributed by atoms with E-state index in [-0.39, 0.29) is 17.3 Å². The third-order valence-corrected chi connectivity index (χ3v) is 5.61. The highest BCUT2D eigenvalue weighted by molar-refractivity contribution is 6.46. The zero-order valence-electron chi connectivity index (χ0n) is 19.1. The average Bonchev–Trinajstić information content (AvgIpc) is 3.04. The summed E-state index contributed by atoms with van der Waals surface area (Å²) in [7, 11) is 1.60. The molecule has 2 aromatic carbocycles. The van der Waals surface area contributed by atoms with Crippen LogP contribution in [0.4, 0.5) is 0 Å². The van der Waals surface area contributed by atoms with Crippen LogP contribution < -0.4 is 4.74 Å². The lowest BCUT2D eigenvalue weighted by Crippen LogP contribution is -2.31. The van der Waals surface area contributed by atoms with Crippen LogP contribution in [-0.2, 0) is 14.3 Å². The van der Waals surface area contributed by atoms with Gasteiger partial charge in [0.1, 0.15) is 11.5 Å². The summed E-state index contributed by atoms with van der Waals surface area (Å²) in [4.78, 5) is 27.5. The Hall–Kier alpha value is -3.12. The van der Waals surface area contributed by atoms with Crippen LogP contribution >= 0.6 is 0 Å². The van der Waals surface area contributed by atoms with Crippen LogP contribution in [0.2, 0.25) is 0 Å². The van der Waals surface area contributed by atoms with Crippen molar-refractivity contribution in [1.82, 2.24) is 4.90 Å². The maximum Gasteiger partial charge on any atom is 0.295 e. The molecule has 0 aliphatic carbocycles. The summed E-state index contributed by atoms with van der Waals surface area (Å²) < 4.78 is 10.8. The number of hydrogen-bond acceptors (Lipinski definition) is 5. The van der Waals surface area contributed by atoms with Gasteiger partial charge in [-0.1, -0.05) is 44.2 Å². The van der Waals surface area contributed by atoms with Gasteiger partial charge in [-0.25, -0.2) is 0 Å². The molecule has 1 N–H and O–H groups in total. The highest BCUT2D eigenvalue weighted by Crippen LogP contribution is 2.40. The van der Waals surface area contributed by atoms with Crippen LogP contribution in [-0.4, -0.2) is 48.6 Å². The fourth-order valence-corrected chi connectivity index (χ4v) is 4.06. The second-order valence-electron chi connectivity index (χ2n) is 8.09. The second-order valence-corrected chi connectivity index (χ2v) is 8.09. The smallest absolute Gasteiger partial charge is 0.295 e. The number of ketones is 1. The summed E-state index contributed by atoms with van der Waals surface area (Å²) in [5, 5.41) is 11.3. The molecule has 32 heavy (non-hydrogen) atoms. The standard InChI is InChI=1S/C26H31NO5/c1-5-32-21-13-12-19(16-20(21)17(2)3)24(28)22-23(18-10-7-6-8-11-18)27(14-9-15-31-4)26(30)25(22)29/h6-8,10-13,16-17,23,28H,5,9,14-15H2,1-4H3/b24-22-. The van der Waals surface area contributed by atoms with Gasteiger partial charge in [-0.2, -0.15) is 0 Å². The first-order valence-electron chi connectivity index (χ1n) is 11.0. The molecular weight excluding hydrogens is 406 g/mol. The van der Waals surface area contributed by atoms with Crippen molar-refractivity contribution in [3.8, 4) is 5.75 Å². The fourth-order valence-electron chi connectivity index (χ4n) is 4.06. The number of rotatable bonds is 9. The van der Waals surface area contributed by atoms with Crippen molar-refractivity contribution in [3.63, 3.8) is 0 Å². The third kappa shape index (κ3) is 4.70. The summed E-state index contributed by atoms with van der Waals surface area (Å²) in [6, 6.07) is 14.1. The van der Waals surface area contributed by atoms with Gasteiger partial charge in [-0.05, 0) is 48.6 Å². The number of Topliss-reactive ketones (excluding diaryl/α,β-unsaturated/α-hetero) is 1. The van der Waals surface area contributed by atoms with Crippen molar-refractivity contribution in [1.29, 1.82) is 0 Å². The van der Waals surface area contributed by atoms with Gasteiger partial charge in [0, 0.05) is 25.8 Å². The number of carbonyl (C=O) groups is 2. The number of methoxy groups -OCH3 is 1. The van der Waals surface area contributed by atoms with Crippen molar-refractivity contribution in [3.05, 3.63) is 70.8 Å². The molecule has 1 unspecified atom stereocenters.